The molecule has 1 amide bonds. The van der Waals surface area contributed by atoms with E-state index in [1.165, 1.54) is 19.1 Å². The molecular formula is C17H12F6N4O. The molecule has 2 aromatic heterocycles. The minimum atomic E-state index is -5.87. The van der Waals surface area contributed by atoms with Crippen molar-refractivity contribution in [2.24, 2.45) is 0 Å². The van der Waals surface area contributed by atoms with E-state index in [4.69, 9.17) is 0 Å². The Balaban J connectivity index is 2.06. The highest BCUT2D eigenvalue weighted by Crippen LogP contribution is 2.43. The molecule has 0 atom stereocenters. The Labute approximate surface area is 154 Å². The molecule has 1 aromatic carbocycles. The first-order chi connectivity index (χ1) is 12.9. The van der Waals surface area contributed by atoms with Crippen LogP contribution in [0.1, 0.15) is 27.4 Å². The van der Waals surface area contributed by atoms with E-state index >= 15 is 0 Å². The number of amides is 1. The summed E-state index contributed by atoms with van der Waals surface area (Å²) in [6, 6.07) is 5.38. The van der Waals surface area contributed by atoms with E-state index in [0.717, 1.165) is 12.1 Å². The Kier molecular flexibility index (Phi) is 4.56. The van der Waals surface area contributed by atoms with Crippen molar-refractivity contribution in [3.8, 4) is 0 Å². The maximum absolute atomic E-state index is 13.9. The molecule has 11 heteroatoms. The van der Waals surface area contributed by atoms with E-state index in [9.17, 15) is 31.1 Å². The van der Waals surface area contributed by atoms with Crippen LogP contribution < -0.4 is 5.32 Å². The molecule has 0 bridgehead atoms. The maximum atomic E-state index is 13.9. The predicted molar refractivity (Wildman–Crippen MR) is 86.8 cm³/mol. The number of benzene rings is 1. The van der Waals surface area contributed by atoms with E-state index in [1.54, 1.807) is 6.92 Å². The number of nitrogens with zero attached hydrogens (tertiary/aromatic N) is 3. The molecule has 0 radical (unpaired) electrons. The molecule has 0 fully saturated rings. The molecule has 148 valence electrons. The Morgan fingerprint density at radius 1 is 1.07 bits per heavy atom. The molecule has 0 aliphatic rings. The summed E-state index contributed by atoms with van der Waals surface area (Å²) in [5.41, 5.74) is -2.04. The number of nitrogens with one attached hydrogen (secondary N) is 1. The zero-order chi connectivity index (χ0) is 20.9. The van der Waals surface area contributed by atoms with Gasteiger partial charge >= 0.3 is 12.1 Å². The molecule has 3 rings (SSSR count). The second kappa shape index (κ2) is 6.50. The van der Waals surface area contributed by atoms with Crippen molar-refractivity contribution in [2.45, 2.75) is 25.9 Å². The summed E-state index contributed by atoms with van der Waals surface area (Å²) in [4.78, 5) is 16.1. The standard InChI is InChI=1S/C17H12F6N4O/c1-8-3-4-10(18)11(5-8)25-15(28)12-7-14-24-9(2)6-13(27(14)26-12)16(19,20)17(21,22)23/h3-7H,1-2H3,(H,25,28). The van der Waals surface area contributed by atoms with Gasteiger partial charge in [0.1, 0.15) is 11.5 Å². The zero-order valence-corrected chi connectivity index (χ0v) is 14.4. The summed E-state index contributed by atoms with van der Waals surface area (Å²) in [5.74, 6) is -6.96. The number of aryl methyl sites for hydroxylation is 2. The van der Waals surface area contributed by atoms with Crippen molar-refractivity contribution in [2.75, 3.05) is 5.32 Å². The minimum Gasteiger partial charge on any atom is -0.318 e. The average molecular weight is 402 g/mol. The maximum Gasteiger partial charge on any atom is 0.459 e. The van der Waals surface area contributed by atoms with Crippen LogP contribution in [0.25, 0.3) is 5.65 Å². The Hall–Kier alpha value is -3.11. The number of carbonyl (C=O) groups excluding carboxylic acids is 1. The van der Waals surface area contributed by atoms with Gasteiger partial charge in [0.25, 0.3) is 5.91 Å². The monoisotopic (exact) mass is 402 g/mol. The molecule has 0 aliphatic heterocycles. The van der Waals surface area contributed by atoms with Gasteiger partial charge in [-0.25, -0.2) is 13.9 Å². The Morgan fingerprint density at radius 3 is 2.39 bits per heavy atom. The highest BCUT2D eigenvalue weighted by Gasteiger charge is 2.60. The number of alkyl halides is 5. The van der Waals surface area contributed by atoms with Crippen LogP contribution in [0, 0.1) is 19.7 Å². The van der Waals surface area contributed by atoms with Gasteiger partial charge in [-0.05, 0) is 37.6 Å². The molecule has 0 spiro atoms. The number of anilines is 1. The third-order valence-electron chi connectivity index (χ3n) is 3.84. The number of hydrogen-bond acceptors (Lipinski definition) is 3. The van der Waals surface area contributed by atoms with Crippen LogP contribution in [-0.4, -0.2) is 26.7 Å². The highest BCUT2D eigenvalue weighted by atomic mass is 19.4. The van der Waals surface area contributed by atoms with Crippen molar-refractivity contribution in [1.82, 2.24) is 14.6 Å². The topological polar surface area (TPSA) is 59.3 Å². The molecular weight excluding hydrogens is 390 g/mol. The second-order valence-corrected chi connectivity index (χ2v) is 6.09. The number of fused-ring (bicyclic) bond motifs is 1. The lowest BCUT2D eigenvalue weighted by molar-refractivity contribution is -0.291. The molecule has 2 heterocycles. The lowest BCUT2D eigenvalue weighted by atomic mass is 10.2. The van der Waals surface area contributed by atoms with Crippen molar-refractivity contribution in [3.63, 3.8) is 0 Å². The Bertz CT molecular complexity index is 1070. The lowest BCUT2D eigenvalue weighted by Crippen LogP contribution is -2.36. The first-order valence-corrected chi connectivity index (χ1v) is 7.80. The number of carbonyl (C=O) groups is 1. The third kappa shape index (κ3) is 3.39. The zero-order valence-electron chi connectivity index (χ0n) is 14.4. The summed E-state index contributed by atoms with van der Waals surface area (Å²) in [6.07, 6.45) is -5.87. The van der Waals surface area contributed by atoms with Crippen LogP contribution >= 0.6 is 0 Å². The SMILES string of the molecule is Cc1ccc(F)c(NC(=O)c2cc3nc(C)cc(C(F)(F)C(F)(F)F)n3n2)c1. The first-order valence-electron chi connectivity index (χ1n) is 7.80. The molecule has 3 aromatic rings. The highest BCUT2D eigenvalue weighted by molar-refractivity contribution is 6.03. The molecule has 1 N–H and O–H groups in total. The first kappa shape index (κ1) is 19.6. The van der Waals surface area contributed by atoms with Gasteiger partial charge in [0.15, 0.2) is 11.3 Å². The minimum absolute atomic E-state index is 0.122. The van der Waals surface area contributed by atoms with E-state index in [2.05, 4.69) is 15.4 Å². The number of hydrogen-bond donors (Lipinski definition) is 1. The summed E-state index contributed by atoms with van der Waals surface area (Å²) in [7, 11) is 0. The van der Waals surface area contributed by atoms with Crippen LogP contribution in [0.2, 0.25) is 0 Å². The molecule has 0 unspecified atom stereocenters. The number of aromatic nitrogens is 3. The fraction of sp³-hybridized carbons (Fsp3) is 0.235. The smallest absolute Gasteiger partial charge is 0.318 e. The van der Waals surface area contributed by atoms with Gasteiger partial charge in [0.2, 0.25) is 0 Å². The van der Waals surface area contributed by atoms with E-state index in [1.807, 2.05) is 0 Å². The van der Waals surface area contributed by atoms with E-state index in [-0.39, 0.29) is 21.5 Å². The van der Waals surface area contributed by atoms with Crippen LogP contribution in [0.4, 0.5) is 32.0 Å². The Morgan fingerprint density at radius 2 is 1.75 bits per heavy atom. The van der Waals surface area contributed by atoms with Gasteiger partial charge in [-0.3, -0.25) is 4.79 Å². The average Bonchev–Trinajstić information content (AvgIpc) is 3.00. The lowest BCUT2D eigenvalue weighted by Gasteiger charge is -2.20. The number of halogens is 6. The van der Waals surface area contributed by atoms with Gasteiger partial charge < -0.3 is 5.32 Å². The van der Waals surface area contributed by atoms with Crippen LogP contribution in [0.15, 0.2) is 30.3 Å². The molecule has 0 aliphatic carbocycles. The van der Waals surface area contributed by atoms with E-state index < -0.39 is 35.2 Å². The van der Waals surface area contributed by atoms with Crippen molar-refractivity contribution in [1.29, 1.82) is 0 Å². The summed E-state index contributed by atoms with van der Waals surface area (Å²) in [6.45, 7) is 2.88. The van der Waals surface area contributed by atoms with Crippen LogP contribution in [0.3, 0.4) is 0 Å². The quantitative estimate of drug-likeness (QED) is 0.661. The third-order valence-corrected chi connectivity index (χ3v) is 3.84. The fourth-order valence-corrected chi connectivity index (χ4v) is 2.50. The predicted octanol–water partition coefficient (Wildman–Crippen LogP) is 4.39. The van der Waals surface area contributed by atoms with Gasteiger partial charge in [-0.1, -0.05) is 6.07 Å². The van der Waals surface area contributed by atoms with E-state index in [0.29, 0.717) is 11.6 Å². The summed E-state index contributed by atoms with van der Waals surface area (Å²) >= 11 is 0. The molecule has 0 saturated heterocycles. The van der Waals surface area contributed by atoms with Gasteiger partial charge in [-0.2, -0.15) is 27.1 Å². The van der Waals surface area contributed by atoms with Gasteiger partial charge in [0.05, 0.1) is 5.69 Å². The second-order valence-electron chi connectivity index (χ2n) is 6.09. The van der Waals surface area contributed by atoms with Crippen molar-refractivity contribution >= 4 is 17.2 Å². The molecule has 28 heavy (non-hydrogen) atoms. The van der Waals surface area contributed by atoms with Crippen molar-refractivity contribution < 1.29 is 31.1 Å². The molecule has 0 saturated carbocycles. The van der Waals surface area contributed by atoms with Crippen LogP contribution in [0.5, 0.6) is 0 Å². The van der Waals surface area contributed by atoms with Crippen molar-refractivity contribution in [3.05, 3.63) is 58.8 Å². The summed E-state index contributed by atoms with van der Waals surface area (Å²) < 4.78 is 80.1. The van der Waals surface area contributed by atoms with Gasteiger partial charge in [-0.15, -0.1) is 0 Å². The normalized spacial score (nSPS) is 12.4. The summed E-state index contributed by atoms with van der Waals surface area (Å²) in [5, 5.41) is 5.73. The molecule has 5 nitrogen and oxygen atoms in total. The number of rotatable bonds is 3. The fourth-order valence-electron chi connectivity index (χ4n) is 2.50. The van der Waals surface area contributed by atoms with Crippen LogP contribution in [-0.2, 0) is 5.92 Å². The largest absolute Gasteiger partial charge is 0.459 e. The van der Waals surface area contributed by atoms with Gasteiger partial charge in [0, 0.05) is 11.8 Å².